The molecule has 1 aromatic heterocycles. The summed E-state index contributed by atoms with van der Waals surface area (Å²) in [5.74, 6) is 1.31. The zero-order valence-electron chi connectivity index (χ0n) is 17.6. The molecule has 0 spiro atoms. The molecular weight excluding hydrogens is 352 g/mol. The predicted molar refractivity (Wildman–Crippen MR) is 111 cm³/mol. The zero-order valence-corrected chi connectivity index (χ0v) is 17.6. The van der Waals surface area contributed by atoms with Gasteiger partial charge in [-0.15, -0.1) is 0 Å². The van der Waals surface area contributed by atoms with Crippen LogP contribution in [0.25, 0.3) is 11.3 Å². The highest BCUT2D eigenvalue weighted by molar-refractivity contribution is 6.11. The molecule has 0 radical (unpaired) electrons. The molecule has 0 saturated heterocycles. The lowest BCUT2D eigenvalue weighted by Gasteiger charge is -2.37. The third-order valence-corrected chi connectivity index (χ3v) is 6.00. The van der Waals surface area contributed by atoms with Crippen molar-refractivity contribution in [2.75, 3.05) is 7.11 Å². The van der Waals surface area contributed by atoms with E-state index in [4.69, 9.17) is 9.15 Å². The van der Waals surface area contributed by atoms with Crippen molar-refractivity contribution in [3.8, 4) is 11.3 Å². The summed E-state index contributed by atoms with van der Waals surface area (Å²) in [5, 5.41) is 0. The van der Waals surface area contributed by atoms with Crippen molar-refractivity contribution < 1.29 is 13.9 Å². The fraction of sp³-hybridized carbons (Fsp3) is 0.417. The summed E-state index contributed by atoms with van der Waals surface area (Å²) < 4.78 is 12.1. The lowest BCUT2D eigenvalue weighted by Crippen LogP contribution is -2.39. The van der Waals surface area contributed by atoms with Crippen molar-refractivity contribution in [1.82, 2.24) is 0 Å². The molecule has 4 heteroatoms. The topological polar surface area (TPSA) is 56.5 Å². The van der Waals surface area contributed by atoms with Crippen molar-refractivity contribution in [1.29, 1.82) is 0 Å². The molecule has 148 valence electrons. The summed E-state index contributed by atoms with van der Waals surface area (Å²) in [6.45, 7) is 10.0. The highest BCUT2D eigenvalue weighted by Crippen LogP contribution is 2.47. The van der Waals surface area contributed by atoms with E-state index in [0.29, 0.717) is 42.1 Å². The number of ether oxygens (including phenoxy) is 1. The molecule has 0 amide bonds. The number of hydrogen-bond donors (Lipinski definition) is 0. The van der Waals surface area contributed by atoms with Crippen LogP contribution in [0.1, 0.15) is 67.3 Å². The first-order valence-electron chi connectivity index (χ1n) is 9.93. The minimum atomic E-state index is -0.614. The van der Waals surface area contributed by atoms with Crippen molar-refractivity contribution in [3.05, 3.63) is 68.3 Å². The molecule has 0 saturated carbocycles. The van der Waals surface area contributed by atoms with E-state index in [1.165, 1.54) is 6.07 Å². The molecule has 1 aromatic carbocycles. The van der Waals surface area contributed by atoms with Gasteiger partial charge in [0, 0.05) is 17.2 Å². The second kappa shape index (κ2) is 7.42. The number of allylic oxidation sites excluding steroid dienone is 2. The third-order valence-electron chi connectivity index (χ3n) is 6.00. The van der Waals surface area contributed by atoms with Crippen LogP contribution in [-0.4, -0.2) is 12.9 Å². The number of aryl methyl sites for hydroxylation is 2. The first kappa shape index (κ1) is 20.1. The maximum atomic E-state index is 13.1. The van der Waals surface area contributed by atoms with Gasteiger partial charge in [0.2, 0.25) is 0 Å². The number of rotatable bonds is 5. The number of Topliss-reactive ketones (excluding diaryl/α,β-unsaturated/α-hetero) is 1. The van der Waals surface area contributed by atoms with Gasteiger partial charge in [-0.05, 0) is 38.7 Å². The number of carbonyl (C=O) groups excluding carboxylic acids is 1. The minimum Gasteiger partial charge on any atom is -0.500 e. The maximum absolute atomic E-state index is 13.1. The molecule has 0 fully saturated rings. The largest absolute Gasteiger partial charge is 0.500 e. The van der Waals surface area contributed by atoms with E-state index in [1.807, 2.05) is 46.8 Å². The first-order chi connectivity index (χ1) is 13.3. The molecule has 28 heavy (non-hydrogen) atoms. The van der Waals surface area contributed by atoms with Crippen molar-refractivity contribution in [3.63, 3.8) is 0 Å². The molecule has 1 aliphatic rings. The number of fused-ring (bicyclic) bond motifs is 1. The van der Waals surface area contributed by atoms with E-state index < -0.39 is 5.41 Å². The van der Waals surface area contributed by atoms with Crippen LogP contribution in [-0.2, 0) is 10.2 Å². The normalized spacial score (nSPS) is 15.6. The number of hydrogen-bond acceptors (Lipinski definition) is 4. The van der Waals surface area contributed by atoms with Crippen molar-refractivity contribution in [2.24, 2.45) is 0 Å². The summed E-state index contributed by atoms with van der Waals surface area (Å²) >= 11 is 0. The van der Waals surface area contributed by atoms with Crippen molar-refractivity contribution in [2.45, 2.75) is 59.3 Å². The Morgan fingerprint density at radius 1 is 1.04 bits per heavy atom. The average Bonchev–Trinajstić information content (AvgIpc) is 2.67. The SMILES string of the molecule is CCC1=C(OC)C(CC)(CC)c2oc(-c3ccc(C)cc3C)cc(=O)c2C1=O. The Balaban J connectivity index is 2.38. The van der Waals surface area contributed by atoms with E-state index in [9.17, 15) is 9.59 Å². The van der Waals surface area contributed by atoms with Crippen molar-refractivity contribution >= 4 is 5.78 Å². The quantitative estimate of drug-likeness (QED) is 0.688. The fourth-order valence-corrected chi connectivity index (χ4v) is 4.45. The Bertz CT molecular complexity index is 1020. The van der Waals surface area contributed by atoms with E-state index in [0.717, 1.165) is 16.7 Å². The molecule has 0 atom stereocenters. The molecule has 1 aliphatic carbocycles. The highest BCUT2D eigenvalue weighted by Gasteiger charge is 2.47. The summed E-state index contributed by atoms with van der Waals surface area (Å²) in [5.41, 5.74) is 2.87. The van der Waals surface area contributed by atoms with Gasteiger partial charge in [-0.1, -0.05) is 44.5 Å². The smallest absolute Gasteiger partial charge is 0.199 e. The summed E-state index contributed by atoms with van der Waals surface area (Å²) in [7, 11) is 1.59. The lowest BCUT2D eigenvalue weighted by molar-refractivity contribution is 0.0975. The molecule has 2 aromatic rings. The van der Waals surface area contributed by atoms with Crippen LogP contribution in [0.2, 0.25) is 0 Å². The van der Waals surface area contributed by atoms with Gasteiger partial charge in [-0.3, -0.25) is 9.59 Å². The standard InChI is InChI=1S/C24H28O4/c1-7-16-21(26)20-18(25)13-19(17-11-10-14(4)12-15(17)5)28-23(20)24(8-2,9-3)22(16)27-6/h10-13H,7-9H2,1-6H3. The third kappa shape index (κ3) is 2.83. The minimum absolute atomic E-state index is 0.162. The Morgan fingerprint density at radius 2 is 1.71 bits per heavy atom. The monoisotopic (exact) mass is 380 g/mol. The van der Waals surface area contributed by atoms with Gasteiger partial charge in [-0.2, -0.15) is 0 Å². The summed E-state index contributed by atoms with van der Waals surface area (Å²) in [6, 6.07) is 7.47. The first-order valence-corrected chi connectivity index (χ1v) is 9.93. The fourth-order valence-electron chi connectivity index (χ4n) is 4.45. The Morgan fingerprint density at radius 3 is 2.25 bits per heavy atom. The molecule has 0 bridgehead atoms. The number of ketones is 1. The Labute approximate surface area is 166 Å². The number of methoxy groups -OCH3 is 1. The van der Waals surface area contributed by atoms with E-state index in [1.54, 1.807) is 7.11 Å². The Kier molecular flexibility index (Phi) is 5.33. The molecule has 0 unspecified atom stereocenters. The predicted octanol–water partition coefficient (Wildman–Crippen LogP) is 5.49. The number of carbonyl (C=O) groups is 1. The molecule has 1 heterocycles. The van der Waals surface area contributed by atoms with Crippen LogP contribution in [0, 0.1) is 13.8 Å². The highest BCUT2D eigenvalue weighted by atomic mass is 16.5. The van der Waals surface area contributed by atoms with Gasteiger partial charge in [0.15, 0.2) is 11.2 Å². The molecule has 4 nitrogen and oxygen atoms in total. The van der Waals surface area contributed by atoms with Crippen LogP contribution in [0.4, 0.5) is 0 Å². The van der Waals surface area contributed by atoms with Crippen LogP contribution in [0.3, 0.4) is 0 Å². The zero-order chi connectivity index (χ0) is 20.6. The summed E-state index contributed by atoms with van der Waals surface area (Å²) in [6.07, 6.45) is 1.87. The molecular formula is C24H28O4. The molecule has 0 aliphatic heterocycles. The second-order valence-corrected chi connectivity index (χ2v) is 7.48. The summed E-state index contributed by atoms with van der Waals surface area (Å²) in [4.78, 5) is 26.2. The molecule has 3 rings (SSSR count). The van der Waals surface area contributed by atoms with Crippen LogP contribution in [0.5, 0.6) is 0 Å². The Hall–Kier alpha value is -2.62. The average molecular weight is 380 g/mol. The number of benzene rings is 1. The van der Waals surface area contributed by atoms with Gasteiger partial charge in [0.05, 0.1) is 12.5 Å². The van der Waals surface area contributed by atoms with Crippen LogP contribution < -0.4 is 5.43 Å². The van der Waals surface area contributed by atoms with Gasteiger partial charge >= 0.3 is 0 Å². The van der Waals surface area contributed by atoms with E-state index in [2.05, 4.69) is 6.07 Å². The van der Waals surface area contributed by atoms with Gasteiger partial charge in [0.25, 0.3) is 0 Å². The van der Waals surface area contributed by atoms with Crippen LogP contribution in [0.15, 0.2) is 44.8 Å². The van der Waals surface area contributed by atoms with Gasteiger partial charge in [0.1, 0.15) is 22.8 Å². The second-order valence-electron chi connectivity index (χ2n) is 7.48. The van der Waals surface area contributed by atoms with Gasteiger partial charge < -0.3 is 9.15 Å². The van der Waals surface area contributed by atoms with Crippen LogP contribution >= 0.6 is 0 Å². The maximum Gasteiger partial charge on any atom is 0.199 e. The lowest BCUT2D eigenvalue weighted by atomic mass is 9.69. The van der Waals surface area contributed by atoms with E-state index in [-0.39, 0.29) is 16.8 Å². The molecule has 0 N–H and O–H groups in total. The van der Waals surface area contributed by atoms with Gasteiger partial charge in [-0.25, -0.2) is 0 Å². The van der Waals surface area contributed by atoms with E-state index >= 15 is 0 Å².